The van der Waals surface area contributed by atoms with Crippen LogP contribution in [0.2, 0.25) is 0 Å². The molecule has 0 unspecified atom stereocenters. The Morgan fingerprint density at radius 2 is 1.83 bits per heavy atom. The lowest BCUT2D eigenvalue weighted by Crippen LogP contribution is -2.29. The molecule has 1 saturated heterocycles. The first-order valence-corrected chi connectivity index (χ1v) is 8.74. The molecule has 1 amide bonds. The average molecular weight is 362 g/mol. The van der Waals surface area contributed by atoms with Crippen LogP contribution in [0, 0.1) is 0 Å². The molecule has 0 saturated carbocycles. The smallest absolute Gasteiger partial charge is 0.266 e. The first-order chi connectivity index (χ1) is 11.5. The van der Waals surface area contributed by atoms with Gasteiger partial charge in [0, 0.05) is 18.1 Å². The van der Waals surface area contributed by atoms with E-state index < -0.39 is 5.97 Å². The quantitative estimate of drug-likeness (QED) is 0.305. The maximum Gasteiger partial charge on any atom is 0.266 e. The molecule has 1 fully saturated rings. The summed E-state index contributed by atoms with van der Waals surface area (Å²) in [5, 5.41) is 10.4. The van der Waals surface area contributed by atoms with Gasteiger partial charge in [0.15, 0.2) is 0 Å². The lowest BCUT2D eigenvalue weighted by atomic mass is 10.1. The average Bonchev–Trinajstić information content (AvgIpc) is 2.82. The summed E-state index contributed by atoms with van der Waals surface area (Å²) in [6.45, 7) is 0.485. The number of hydrogen-bond acceptors (Lipinski definition) is 6. The molecule has 0 aliphatic carbocycles. The van der Waals surface area contributed by atoms with Crippen molar-refractivity contribution in [3.63, 3.8) is 0 Å². The molecule has 1 aliphatic rings. The van der Waals surface area contributed by atoms with Gasteiger partial charge < -0.3 is 9.90 Å². The van der Waals surface area contributed by atoms with Crippen LogP contribution >= 0.6 is 24.0 Å². The highest BCUT2D eigenvalue weighted by atomic mass is 32.2. The maximum atomic E-state index is 12.4. The molecule has 5 nitrogen and oxygen atoms in total. The minimum atomic E-state index is -1.05. The first kappa shape index (κ1) is 18.4. The Balaban J connectivity index is 1.93. The van der Waals surface area contributed by atoms with Gasteiger partial charge in [0.25, 0.3) is 5.91 Å². The predicted molar refractivity (Wildman–Crippen MR) is 95.2 cm³/mol. The van der Waals surface area contributed by atoms with Gasteiger partial charge in [-0.15, -0.1) is 0 Å². The molecule has 0 aromatic heterocycles. The number of carbonyl (C=O) groups excluding carboxylic acids is 3. The molecule has 0 bridgehead atoms. The Morgan fingerprint density at radius 3 is 2.46 bits per heavy atom. The number of nitrogens with zero attached hydrogens (tertiary/aromatic N) is 1. The van der Waals surface area contributed by atoms with E-state index in [9.17, 15) is 19.5 Å². The van der Waals surface area contributed by atoms with Crippen LogP contribution in [0.3, 0.4) is 0 Å². The van der Waals surface area contributed by atoms with E-state index in [0.717, 1.165) is 11.8 Å². The molecule has 0 atom stereocenters. The zero-order valence-electron chi connectivity index (χ0n) is 12.9. The van der Waals surface area contributed by atoms with Crippen LogP contribution in [0.25, 0.3) is 6.08 Å². The van der Waals surface area contributed by atoms with Crippen molar-refractivity contribution in [3.8, 4) is 0 Å². The van der Waals surface area contributed by atoms with Crippen molar-refractivity contribution in [1.82, 2.24) is 4.90 Å². The van der Waals surface area contributed by atoms with E-state index >= 15 is 0 Å². The molecule has 24 heavy (non-hydrogen) atoms. The number of thioether (sulfide) groups is 1. The number of hydrogen-bond donors (Lipinski definition) is 0. The van der Waals surface area contributed by atoms with Crippen LogP contribution in [0.5, 0.6) is 0 Å². The van der Waals surface area contributed by atoms with E-state index in [-0.39, 0.29) is 12.3 Å². The Kier molecular flexibility index (Phi) is 6.69. The summed E-state index contributed by atoms with van der Waals surface area (Å²) in [5.74, 6) is -1.19. The normalized spacial score (nSPS) is 16.0. The number of thiocarbonyl (C=S) groups is 1. The second-order valence-corrected chi connectivity index (χ2v) is 6.98. The molecular formula is C17H16NO4S2-. The molecule has 0 N–H and O–H groups in total. The van der Waals surface area contributed by atoms with Crippen LogP contribution in [0.1, 0.15) is 41.6 Å². The van der Waals surface area contributed by atoms with E-state index in [4.69, 9.17) is 12.2 Å². The Bertz CT molecular complexity index is 682. The van der Waals surface area contributed by atoms with Crippen LogP contribution in [-0.4, -0.2) is 33.9 Å². The van der Waals surface area contributed by atoms with Gasteiger partial charge in [-0.05, 0) is 30.9 Å². The van der Waals surface area contributed by atoms with Crippen molar-refractivity contribution in [1.29, 1.82) is 0 Å². The molecule has 1 aliphatic heterocycles. The summed E-state index contributed by atoms with van der Waals surface area (Å²) in [6, 6.07) is 6.93. The standard InChI is InChI=1S/C17H17NO4S2/c19-11-13-7-5-12(6-8-13)10-14-16(22)18(17(23)24-14)9-3-1-2-4-15(20)21/h5-8,10-11H,1-4,9H2,(H,20,21)/p-1/b14-10-. The highest BCUT2D eigenvalue weighted by Crippen LogP contribution is 2.32. The molecule has 0 spiro atoms. The fourth-order valence-corrected chi connectivity index (χ4v) is 3.54. The summed E-state index contributed by atoms with van der Waals surface area (Å²) in [7, 11) is 0. The molecule has 126 valence electrons. The summed E-state index contributed by atoms with van der Waals surface area (Å²) in [4.78, 5) is 35.5. The van der Waals surface area contributed by atoms with Crippen molar-refractivity contribution in [2.45, 2.75) is 25.7 Å². The summed E-state index contributed by atoms with van der Waals surface area (Å²) in [5.41, 5.74) is 1.41. The van der Waals surface area contributed by atoms with E-state index in [0.29, 0.717) is 40.6 Å². The highest BCUT2D eigenvalue weighted by Gasteiger charge is 2.31. The summed E-state index contributed by atoms with van der Waals surface area (Å²) in [6.07, 6.45) is 4.50. The minimum absolute atomic E-state index is 0.0368. The van der Waals surface area contributed by atoms with Gasteiger partial charge in [0.05, 0.1) is 4.91 Å². The van der Waals surface area contributed by atoms with Crippen LogP contribution < -0.4 is 5.11 Å². The third-order valence-corrected chi connectivity index (χ3v) is 4.88. The SMILES string of the molecule is O=Cc1ccc(/C=C2\SC(=S)N(CCCCCC(=O)[O-])C2=O)cc1. The number of aldehydes is 1. The lowest BCUT2D eigenvalue weighted by molar-refractivity contribution is -0.305. The van der Waals surface area contributed by atoms with E-state index in [1.54, 1.807) is 35.2 Å². The Labute approximate surface area is 149 Å². The zero-order chi connectivity index (χ0) is 17.5. The largest absolute Gasteiger partial charge is 0.550 e. The van der Waals surface area contributed by atoms with E-state index in [1.807, 2.05) is 0 Å². The van der Waals surface area contributed by atoms with Gasteiger partial charge in [0.1, 0.15) is 10.6 Å². The number of carbonyl (C=O) groups is 3. The number of carboxylic acids is 1. The molecule has 0 radical (unpaired) electrons. The number of rotatable bonds is 8. The Hall–Kier alpha value is -1.99. The topological polar surface area (TPSA) is 77.5 Å². The number of carboxylic acid groups (broad SMARTS) is 1. The van der Waals surface area contributed by atoms with Crippen LogP contribution in [0.4, 0.5) is 0 Å². The summed E-state index contributed by atoms with van der Waals surface area (Å²) < 4.78 is 0.510. The third-order valence-electron chi connectivity index (χ3n) is 3.51. The van der Waals surface area contributed by atoms with Crippen molar-refractivity contribution in [3.05, 3.63) is 40.3 Å². The van der Waals surface area contributed by atoms with Gasteiger partial charge in [-0.2, -0.15) is 0 Å². The van der Waals surface area contributed by atoms with Gasteiger partial charge in [-0.1, -0.05) is 54.7 Å². The molecule has 7 heteroatoms. The van der Waals surface area contributed by atoms with Crippen molar-refractivity contribution >= 4 is 52.5 Å². The third kappa shape index (κ3) is 5.01. The number of unbranched alkanes of at least 4 members (excludes halogenated alkanes) is 2. The molecular weight excluding hydrogens is 346 g/mol. The second kappa shape index (κ2) is 8.75. The maximum absolute atomic E-state index is 12.4. The van der Waals surface area contributed by atoms with Gasteiger partial charge in [0.2, 0.25) is 0 Å². The monoisotopic (exact) mass is 362 g/mol. The number of amides is 1. The summed E-state index contributed by atoms with van der Waals surface area (Å²) >= 11 is 6.50. The molecule has 1 heterocycles. The minimum Gasteiger partial charge on any atom is -0.550 e. The fraction of sp³-hybridized carbons (Fsp3) is 0.294. The molecule has 2 rings (SSSR count). The van der Waals surface area contributed by atoms with Gasteiger partial charge in [-0.25, -0.2) is 0 Å². The van der Waals surface area contributed by atoms with Gasteiger partial charge in [-0.3, -0.25) is 14.5 Å². The van der Waals surface area contributed by atoms with Crippen LogP contribution in [0.15, 0.2) is 29.2 Å². The fourth-order valence-electron chi connectivity index (χ4n) is 2.23. The Morgan fingerprint density at radius 1 is 1.17 bits per heavy atom. The van der Waals surface area contributed by atoms with Crippen molar-refractivity contribution in [2.24, 2.45) is 0 Å². The van der Waals surface area contributed by atoms with Crippen molar-refractivity contribution in [2.75, 3.05) is 6.54 Å². The lowest BCUT2D eigenvalue weighted by Gasteiger charge is -2.14. The van der Waals surface area contributed by atoms with E-state index in [2.05, 4.69) is 0 Å². The zero-order valence-corrected chi connectivity index (χ0v) is 14.5. The molecule has 1 aromatic carbocycles. The number of benzene rings is 1. The van der Waals surface area contributed by atoms with Crippen LogP contribution in [-0.2, 0) is 9.59 Å². The second-order valence-electron chi connectivity index (χ2n) is 5.30. The van der Waals surface area contributed by atoms with Crippen molar-refractivity contribution < 1.29 is 19.5 Å². The molecule has 1 aromatic rings. The van der Waals surface area contributed by atoms with E-state index in [1.165, 1.54) is 11.8 Å². The highest BCUT2D eigenvalue weighted by molar-refractivity contribution is 8.26. The number of aliphatic carboxylic acids is 1. The van der Waals surface area contributed by atoms with Gasteiger partial charge >= 0.3 is 0 Å². The predicted octanol–water partition coefficient (Wildman–Crippen LogP) is 2.01. The first-order valence-electron chi connectivity index (χ1n) is 7.51.